The summed E-state index contributed by atoms with van der Waals surface area (Å²) in [6, 6.07) is 3.80. The van der Waals surface area contributed by atoms with E-state index in [4.69, 9.17) is 0 Å². The molecular formula is C15H16FN5O. The standard InChI is InChI=1S/C15H16FN5O/c1-20-13-11(7-18-15(13)22)19-14(20)9-2-3-12(17-6-9)21-5-4-10(16)8-21/h2-3,6,10H,4-5,7-8H2,1H3,(H,18,22)/t10-/m0/s1. The van der Waals surface area contributed by atoms with E-state index >= 15 is 0 Å². The van der Waals surface area contributed by atoms with Gasteiger partial charge in [-0.2, -0.15) is 0 Å². The van der Waals surface area contributed by atoms with Crippen LogP contribution in [-0.2, 0) is 13.6 Å². The third-order valence-electron chi connectivity index (χ3n) is 4.26. The van der Waals surface area contributed by atoms with Crippen LogP contribution in [0.4, 0.5) is 10.2 Å². The molecule has 0 unspecified atom stereocenters. The molecule has 0 spiro atoms. The molecule has 2 aliphatic heterocycles. The molecule has 0 bridgehead atoms. The van der Waals surface area contributed by atoms with Gasteiger partial charge in [0.25, 0.3) is 5.91 Å². The van der Waals surface area contributed by atoms with Crippen molar-refractivity contribution >= 4 is 11.7 Å². The highest BCUT2D eigenvalue weighted by Crippen LogP contribution is 2.26. The first-order valence-corrected chi connectivity index (χ1v) is 7.32. The van der Waals surface area contributed by atoms with Crippen molar-refractivity contribution in [1.29, 1.82) is 0 Å². The molecule has 22 heavy (non-hydrogen) atoms. The molecule has 6 nitrogen and oxygen atoms in total. The quantitative estimate of drug-likeness (QED) is 0.907. The smallest absolute Gasteiger partial charge is 0.270 e. The summed E-state index contributed by atoms with van der Waals surface area (Å²) in [5, 5.41) is 2.75. The lowest BCUT2D eigenvalue weighted by Crippen LogP contribution is -2.21. The molecule has 7 heteroatoms. The highest BCUT2D eigenvalue weighted by atomic mass is 19.1. The Bertz CT molecular complexity index is 739. The van der Waals surface area contributed by atoms with Crippen LogP contribution in [0, 0.1) is 0 Å². The van der Waals surface area contributed by atoms with E-state index in [9.17, 15) is 9.18 Å². The maximum atomic E-state index is 13.3. The van der Waals surface area contributed by atoms with Gasteiger partial charge < -0.3 is 14.8 Å². The number of fused-ring (bicyclic) bond motifs is 1. The number of hydrogen-bond donors (Lipinski definition) is 1. The van der Waals surface area contributed by atoms with Crippen LogP contribution in [0.1, 0.15) is 22.6 Å². The zero-order valence-corrected chi connectivity index (χ0v) is 12.2. The highest BCUT2D eigenvalue weighted by Gasteiger charge is 2.27. The Kier molecular flexibility index (Phi) is 2.88. The maximum absolute atomic E-state index is 13.3. The van der Waals surface area contributed by atoms with Gasteiger partial charge in [-0.25, -0.2) is 14.4 Å². The largest absolute Gasteiger partial charge is 0.354 e. The van der Waals surface area contributed by atoms with E-state index in [2.05, 4.69) is 15.3 Å². The Morgan fingerprint density at radius 1 is 1.41 bits per heavy atom. The van der Waals surface area contributed by atoms with E-state index in [-0.39, 0.29) is 5.91 Å². The van der Waals surface area contributed by atoms with Crippen LogP contribution >= 0.6 is 0 Å². The van der Waals surface area contributed by atoms with Crippen LogP contribution in [-0.4, -0.2) is 39.7 Å². The third-order valence-corrected chi connectivity index (χ3v) is 4.26. The first-order chi connectivity index (χ1) is 10.6. The van der Waals surface area contributed by atoms with Crippen molar-refractivity contribution in [3.8, 4) is 11.4 Å². The van der Waals surface area contributed by atoms with Gasteiger partial charge in [0.05, 0.1) is 18.8 Å². The van der Waals surface area contributed by atoms with E-state index in [1.165, 1.54) is 0 Å². The fraction of sp³-hybridized carbons (Fsp3) is 0.400. The zero-order chi connectivity index (χ0) is 15.3. The van der Waals surface area contributed by atoms with E-state index in [1.54, 1.807) is 10.8 Å². The molecule has 4 rings (SSSR count). The second kappa shape index (κ2) is 4.79. The van der Waals surface area contributed by atoms with Gasteiger partial charge in [-0.1, -0.05) is 0 Å². The van der Waals surface area contributed by atoms with Crippen molar-refractivity contribution in [2.75, 3.05) is 18.0 Å². The SMILES string of the molecule is Cn1c(-c2ccc(N3CC[C@H](F)C3)nc2)nc2c1C(=O)NC2. The van der Waals surface area contributed by atoms with Gasteiger partial charge in [0.1, 0.15) is 23.5 Å². The lowest BCUT2D eigenvalue weighted by molar-refractivity contribution is 0.0958. The van der Waals surface area contributed by atoms with Crippen molar-refractivity contribution in [2.45, 2.75) is 19.1 Å². The molecule has 0 aliphatic carbocycles. The number of nitrogens with zero attached hydrogens (tertiary/aromatic N) is 4. The number of alkyl halides is 1. The van der Waals surface area contributed by atoms with Crippen LogP contribution < -0.4 is 10.2 Å². The predicted molar refractivity (Wildman–Crippen MR) is 79.3 cm³/mol. The summed E-state index contributed by atoms with van der Waals surface area (Å²) in [7, 11) is 1.83. The van der Waals surface area contributed by atoms with Gasteiger partial charge in [-0.05, 0) is 18.6 Å². The molecule has 114 valence electrons. The fourth-order valence-corrected chi connectivity index (χ4v) is 3.10. The van der Waals surface area contributed by atoms with Crippen molar-refractivity contribution in [1.82, 2.24) is 19.9 Å². The molecule has 1 saturated heterocycles. The van der Waals surface area contributed by atoms with E-state index in [0.717, 1.165) is 22.9 Å². The molecule has 1 fully saturated rings. The lowest BCUT2D eigenvalue weighted by Gasteiger charge is -2.16. The number of aromatic nitrogens is 3. The second-order valence-corrected chi connectivity index (χ2v) is 5.71. The summed E-state index contributed by atoms with van der Waals surface area (Å²) >= 11 is 0. The highest BCUT2D eigenvalue weighted by molar-refractivity contribution is 5.97. The summed E-state index contributed by atoms with van der Waals surface area (Å²) in [5.41, 5.74) is 2.23. The maximum Gasteiger partial charge on any atom is 0.270 e. The molecule has 1 N–H and O–H groups in total. The number of carbonyl (C=O) groups excluding carboxylic acids is 1. The van der Waals surface area contributed by atoms with E-state index in [1.807, 2.05) is 24.1 Å². The number of amides is 1. The first-order valence-electron chi connectivity index (χ1n) is 7.32. The van der Waals surface area contributed by atoms with Crippen molar-refractivity contribution in [3.05, 3.63) is 29.7 Å². The Morgan fingerprint density at radius 3 is 2.91 bits per heavy atom. The number of rotatable bonds is 2. The van der Waals surface area contributed by atoms with Gasteiger partial charge in [-0.15, -0.1) is 0 Å². The van der Waals surface area contributed by atoms with Gasteiger partial charge in [0.15, 0.2) is 0 Å². The summed E-state index contributed by atoms with van der Waals surface area (Å²) < 4.78 is 15.1. The molecule has 2 aliphatic rings. The Balaban J connectivity index is 1.64. The second-order valence-electron chi connectivity index (χ2n) is 5.71. The van der Waals surface area contributed by atoms with Crippen molar-refractivity contribution in [3.63, 3.8) is 0 Å². The number of halogens is 1. The van der Waals surface area contributed by atoms with Crippen LogP contribution in [0.3, 0.4) is 0 Å². The van der Waals surface area contributed by atoms with Gasteiger partial charge in [0.2, 0.25) is 0 Å². The molecule has 0 radical (unpaired) electrons. The Hall–Kier alpha value is -2.44. The normalized spacial score (nSPS) is 20.4. The minimum Gasteiger partial charge on any atom is -0.354 e. The fourth-order valence-electron chi connectivity index (χ4n) is 3.10. The van der Waals surface area contributed by atoms with Gasteiger partial charge >= 0.3 is 0 Å². The molecular weight excluding hydrogens is 285 g/mol. The molecule has 2 aromatic rings. The van der Waals surface area contributed by atoms with E-state index < -0.39 is 6.17 Å². The lowest BCUT2D eigenvalue weighted by atomic mass is 10.2. The summed E-state index contributed by atoms with van der Waals surface area (Å²) in [4.78, 5) is 22.6. The van der Waals surface area contributed by atoms with Crippen LogP contribution in [0.2, 0.25) is 0 Å². The molecule has 4 heterocycles. The van der Waals surface area contributed by atoms with Crippen LogP contribution in [0.25, 0.3) is 11.4 Å². The third kappa shape index (κ3) is 1.96. The summed E-state index contributed by atoms with van der Waals surface area (Å²) in [5.74, 6) is 1.42. The number of pyridine rings is 1. The monoisotopic (exact) mass is 301 g/mol. The molecule has 0 aromatic carbocycles. The minimum absolute atomic E-state index is 0.0908. The van der Waals surface area contributed by atoms with Gasteiger partial charge in [-0.3, -0.25) is 4.79 Å². The topological polar surface area (TPSA) is 63.1 Å². The summed E-state index contributed by atoms with van der Waals surface area (Å²) in [6.45, 7) is 1.58. The zero-order valence-electron chi connectivity index (χ0n) is 12.2. The van der Waals surface area contributed by atoms with Gasteiger partial charge in [0, 0.05) is 25.4 Å². The number of carbonyl (C=O) groups is 1. The summed E-state index contributed by atoms with van der Waals surface area (Å²) in [6.07, 6.45) is 1.53. The average Bonchev–Trinajstić information content (AvgIpc) is 3.18. The number of nitrogens with one attached hydrogen (secondary N) is 1. The van der Waals surface area contributed by atoms with Crippen molar-refractivity contribution < 1.29 is 9.18 Å². The minimum atomic E-state index is -0.766. The molecule has 1 amide bonds. The van der Waals surface area contributed by atoms with Crippen molar-refractivity contribution in [2.24, 2.45) is 7.05 Å². The number of hydrogen-bond acceptors (Lipinski definition) is 4. The Morgan fingerprint density at radius 2 is 2.27 bits per heavy atom. The number of imidazole rings is 1. The molecule has 1 atom stereocenters. The number of anilines is 1. The molecule has 2 aromatic heterocycles. The van der Waals surface area contributed by atoms with Crippen LogP contribution in [0.15, 0.2) is 18.3 Å². The average molecular weight is 301 g/mol. The molecule has 0 saturated carbocycles. The van der Waals surface area contributed by atoms with E-state index in [0.29, 0.717) is 31.7 Å². The predicted octanol–water partition coefficient (Wildman–Crippen LogP) is 1.27. The first kappa shape index (κ1) is 13.2. The Labute approximate surface area is 127 Å². The van der Waals surface area contributed by atoms with Crippen LogP contribution in [0.5, 0.6) is 0 Å².